The second kappa shape index (κ2) is 7.81. The van der Waals surface area contributed by atoms with E-state index in [1.807, 2.05) is 42.5 Å². The molecule has 0 spiro atoms. The molecule has 0 saturated heterocycles. The predicted molar refractivity (Wildman–Crippen MR) is 89.8 cm³/mol. The molecule has 0 heterocycles. The van der Waals surface area contributed by atoms with Crippen LogP contribution in [0.15, 0.2) is 48.2 Å². The third-order valence-electron chi connectivity index (χ3n) is 4.30. The minimum absolute atomic E-state index is 0.108. The molecule has 0 bridgehead atoms. The maximum Gasteiger partial charge on any atom is 0.323 e. The molecule has 0 radical (unpaired) electrons. The van der Waals surface area contributed by atoms with Crippen molar-refractivity contribution in [2.45, 2.75) is 12.8 Å². The van der Waals surface area contributed by atoms with Gasteiger partial charge in [-0.25, -0.2) is 0 Å². The van der Waals surface area contributed by atoms with Crippen molar-refractivity contribution in [3.63, 3.8) is 0 Å². The largest absolute Gasteiger partial charge is 0.505 e. The molecule has 0 aliphatic heterocycles. The van der Waals surface area contributed by atoms with Crippen molar-refractivity contribution in [3.05, 3.63) is 53.8 Å². The lowest BCUT2D eigenvalue weighted by molar-refractivity contribution is -0.168. The van der Waals surface area contributed by atoms with Crippen LogP contribution in [-0.4, -0.2) is 33.3 Å². The van der Waals surface area contributed by atoms with Crippen molar-refractivity contribution >= 4 is 18.0 Å². The molecule has 1 saturated carbocycles. The highest BCUT2D eigenvalue weighted by Crippen LogP contribution is 2.48. The van der Waals surface area contributed by atoms with Crippen LogP contribution in [0.25, 0.3) is 6.08 Å². The van der Waals surface area contributed by atoms with Crippen LogP contribution in [0.4, 0.5) is 0 Å². The number of methoxy groups -OCH3 is 3. The van der Waals surface area contributed by atoms with Gasteiger partial charge in [-0.15, -0.1) is 0 Å². The minimum Gasteiger partial charge on any atom is -0.505 e. The molecule has 2 rings (SSSR count). The van der Waals surface area contributed by atoms with Gasteiger partial charge in [0.05, 0.1) is 27.6 Å². The zero-order valence-electron chi connectivity index (χ0n) is 14.2. The summed E-state index contributed by atoms with van der Waals surface area (Å²) in [5, 5.41) is 0. The van der Waals surface area contributed by atoms with E-state index in [0.29, 0.717) is 6.42 Å². The minimum atomic E-state index is -1.31. The predicted octanol–water partition coefficient (Wildman–Crippen LogP) is 2.97. The molecule has 1 unspecified atom stereocenters. The highest BCUT2D eigenvalue weighted by Gasteiger charge is 2.54. The monoisotopic (exact) mass is 330 g/mol. The normalized spacial score (nSPS) is 21.0. The lowest BCUT2D eigenvalue weighted by Gasteiger charge is -2.22. The number of rotatable bonds is 5. The van der Waals surface area contributed by atoms with E-state index in [-0.39, 0.29) is 12.3 Å². The Morgan fingerprint density at radius 2 is 1.71 bits per heavy atom. The first-order valence-corrected chi connectivity index (χ1v) is 7.69. The van der Waals surface area contributed by atoms with Crippen molar-refractivity contribution in [1.29, 1.82) is 0 Å². The van der Waals surface area contributed by atoms with Crippen LogP contribution in [0.1, 0.15) is 18.4 Å². The molecule has 0 N–H and O–H groups in total. The van der Waals surface area contributed by atoms with Crippen molar-refractivity contribution in [2.75, 3.05) is 21.3 Å². The highest BCUT2D eigenvalue weighted by molar-refractivity contribution is 6.01. The molecule has 0 amide bonds. The number of hydrogen-bond donors (Lipinski definition) is 0. The Hall–Kier alpha value is -2.56. The Morgan fingerprint density at radius 1 is 1.08 bits per heavy atom. The number of esters is 2. The van der Waals surface area contributed by atoms with E-state index < -0.39 is 17.4 Å². The summed E-state index contributed by atoms with van der Waals surface area (Å²) >= 11 is 0. The topological polar surface area (TPSA) is 61.8 Å². The zero-order chi connectivity index (χ0) is 17.6. The summed E-state index contributed by atoms with van der Waals surface area (Å²) in [4.78, 5) is 24.7. The Morgan fingerprint density at radius 3 is 2.25 bits per heavy atom. The summed E-state index contributed by atoms with van der Waals surface area (Å²) in [6, 6.07) is 9.76. The Balaban J connectivity index is 2.45. The Kier molecular flexibility index (Phi) is 5.79. The van der Waals surface area contributed by atoms with E-state index in [1.54, 1.807) is 13.4 Å². The number of carbonyl (C=O) groups is 2. The smallest absolute Gasteiger partial charge is 0.323 e. The molecule has 1 atom stereocenters. The van der Waals surface area contributed by atoms with Crippen LogP contribution >= 0.6 is 0 Å². The number of benzene rings is 1. The van der Waals surface area contributed by atoms with Crippen molar-refractivity contribution < 1.29 is 23.8 Å². The maximum atomic E-state index is 12.3. The van der Waals surface area contributed by atoms with Gasteiger partial charge in [0.1, 0.15) is 0 Å². The van der Waals surface area contributed by atoms with E-state index in [2.05, 4.69) is 0 Å². The third kappa shape index (κ3) is 3.50. The molecule has 1 fully saturated rings. The Bertz CT molecular complexity index is 629. The van der Waals surface area contributed by atoms with E-state index >= 15 is 0 Å². The molecule has 1 aliphatic carbocycles. The quantitative estimate of drug-likeness (QED) is 0.472. The van der Waals surface area contributed by atoms with Gasteiger partial charge in [-0.2, -0.15) is 0 Å². The van der Waals surface area contributed by atoms with Crippen LogP contribution in [0.3, 0.4) is 0 Å². The van der Waals surface area contributed by atoms with Crippen LogP contribution < -0.4 is 0 Å². The van der Waals surface area contributed by atoms with E-state index in [4.69, 9.17) is 14.2 Å². The average Bonchev–Trinajstić information content (AvgIpc) is 2.98. The van der Waals surface area contributed by atoms with Gasteiger partial charge in [0, 0.05) is 5.92 Å². The summed E-state index contributed by atoms with van der Waals surface area (Å²) in [7, 11) is 4.12. The lowest BCUT2D eigenvalue weighted by Crippen LogP contribution is -2.39. The summed E-state index contributed by atoms with van der Waals surface area (Å²) in [6.45, 7) is 0. The van der Waals surface area contributed by atoms with Gasteiger partial charge in [-0.3, -0.25) is 9.59 Å². The van der Waals surface area contributed by atoms with Crippen LogP contribution in [0, 0.1) is 11.3 Å². The standard InChI is InChI=1S/C19H22O5/c1-22-10-9-15-12-19(17(20)23-2,18(21)24-3)13-16(15)11-14-7-5-4-6-8-14/h4-11,15H,12-13H2,1-3H3/b10-9+,16-11+. The molecule has 5 nitrogen and oxygen atoms in total. The summed E-state index contributed by atoms with van der Waals surface area (Å²) in [6.07, 6.45) is 5.97. The molecular weight excluding hydrogens is 308 g/mol. The fourth-order valence-electron chi connectivity index (χ4n) is 3.13. The number of ether oxygens (including phenoxy) is 3. The van der Waals surface area contributed by atoms with Gasteiger partial charge < -0.3 is 14.2 Å². The molecule has 1 aromatic rings. The van der Waals surface area contributed by atoms with Gasteiger partial charge in [-0.05, 0) is 24.5 Å². The molecule has 24 heavy (non-hydrogen) atoms. The van der Waals surface area contributed by atoms with Crippen LogP contribution in [0.2, 0.25) is 0 Å². The lowest BCUT2D eigenvalue weighted by atomic mass is 9.85. The summed E-state index contributed by atoms with van der Waals surface area (Å²) < 4.78 is 14.8. The molecule has 1 aliphatic rings. The zero-order valence-corrected chi connectivity index (χ0v) is 14.2. The summed E-state index contributed by atoms with van der Waals surface area (Å²) in [5.41, 5.74) is 0.659. The van der Waals surface area contributed by atoms with Crippen LogP contribution in [-0.2, 0) is 23.8 Å². The van der Waals surface area contributed by atoms with Gasteiger partial charge in [0.2, 0.25) is 0 Å². The van der Waals surface area contributed by atoms with Crippen LogP contribution in [0.5, 0.6) is 0 Å². The molecular formula is C19H22O5. The fourth-order valence-corrected chi connectivity index (χ4v) is 3.13. The first-order chi connectivity index (χ1) is 11.6. The second-order valence-electron chi connectivity index (χ2n) is 5.75. The first-order valence-electron chi connectivity index (χ1n) is 7.69. The van der Waals surface area contributed by atoms with E-state index in [1.165, 1.54) is 14.2 Å². The van der Waals surface area contributed by atoms with E-state index in [9.17, 15) is 9.59 Å². The summed E-state index contributed by atoms with van der Waals surface area (Å²) in [5.74, 6) is -1.24. The number of hydrogen-bond acceptors (Lipinski definition) is 5. The van der Waals surface area contributed by atoms with Crippen molar-refractivity contribution in [1.82, 2.24) is 0 Å². The average molecular weight is 330 g/mol. The SMILES string of the molecule is CO/C=C/C1CC(C(=O)OC)(C(=O)OC)C/C1=C\c1ccccc1. The van der Waals surface area contributed by atoms with Gasteiger partial charge in [-0.1, -0.05) is 42.0 Å². The van der Waals surface area contributed by atoms with Gasteiger partial charge in [0.15, 0.2) is 5.41 Å². The molecule has 0 aromatic heterocycles. The molecule has 1 aromatic carbocycles. The second-order valence-corrected chi connectivity index (χ2v) is 5.75. The van der Waals surface area contributed by atoms with Crippen molar-refractivity contribution in [3.8, 4) is 0 Å². The van der Waals surface area contributed by atoms with Gasteiger partial charge >= 0.3 is 11.9 Å². The third-order valence-corrected chi connectivity index (χ3v) is 4.30. The highest BCUT2D eigenvalue weighted by atomic mass is 16.5. The number of allylic oxidation sites excluding steroid dienone is 2. The molecule has 128 valence electrons. The maximum absolute atomic E-state index is 12.3. The Labute approximate surface area is 141 Å². The first kappa shape index (κ1) is 17.8. The molecule has 5 heteroatoms. The van der Waals surface area contributed by atoms with Gasteiger partial charge in [0.25, 0.3) is 0 Å². The number of carbonyl (C=O) groups excluding carboxylic acids is 2. The fraction of sp³-hybridized carbons (Fsp3) is 0.368. The van der Waals surface area contributed by atoms with Crippen molar-refractivity contribution in [2.24, 2.45) is 11.3 Å². The van der Waals surface area contributed by atoms with E-state index in [0.717, 1.165) is 11.1 Å².